The van der Waals surface area contributed by atoms with Crippen molar-refractivity contribution in [2.24, 2.45) is 5.92 Å². The summed E-state index contributed by atoms with van der Waals surface area (Å²) in [5.41, 5.74) is 2.42. The Morgan fingerprint density at radius 1 is 1.35 bits per heavy atom. The molecule has 4 heteroatoms. The van der Waals surface area contributed by atoms with Crippen LogP contribution in [0.25, 0.3) is 0 Å². The van der Waals surface area contributed by atoms with E-state index in [-0.39, 0.29) is 0 Å². The number of morpholine rings is 1. The van der Waals surface area contributed by atoms with Gasteiger partial charge in [0.1, 0.15) is 0 Å². The van der Waals surface area contributed by atoms with Gasteiger partial charge in [-0.25, -0.2) is 0 Å². The summed E-state index contributed by atoms with van der Waals surface area (Å²) in [6.45, 7) is 8.39. The zero-order valence-electron chi connectivity index (χ0n) is 12.5. The Bertz CT molecular complexity index is 437. The first-order chi connectivity index (χ1) is 9.70. The molecule has 0 spiro atoms. The molecule has 0 amide bonds. The summed E-state index contributed by atoms with van der Waals surface area (Å²) in [6.07, 6.45) is 5.23. The van der Waals surface area contributed by atoms with Gasteiger partial charge in [0.2, 0.25) is 0 Å². The highest BCUT2D eigenvalue weighted by molar-refractivity contribution is 5.47. The van der Waals surface area contributed by atoms with Crippen molar-refractivity contribution in [1.82, 2.24) is 10.3 Å². The minimum absolute atomic E-state index is 0.435. The number of fused-ring (bicyclic) bond motifs is 2. The van der Waals surface area contributed by atoms with E-state index in [0.29, 0.717) is 18.1 Å². The minimum Gasteiger partial charge on any atom is -0.371 e. The van der Waals surface area contributed by atoms with Crippen LogP contribution in [0.1, 0.15) is 32.4 Å². The summed E-state index contributed by atoms with van der Waals surface area (Å²) in [4.78, 5) is 6.92. The van der Waals surface area contributed by atoms with E-state index in [2.05, 4.69) is 41.2 Å². The van der Waals surface area contributed by atoms with Gasteiger partial charge in [-0.1, -0.05) is 13.8 Å². The highest BCUT2D eigenvalue weighted by atomic mass is 16.5. The number of pyridine rings is 1. The lowest BCUT2D eigenvalue weighted by Crippen LogP contribution is -2.42. The Morgan fingerprint density at radius 2 is 2.10 bits per heavy atom. The molecule has 1 aromatic rings. The van der Waals surface area contributed by atoms with Crippen molar-refractivity contribution >= 4 is 5.69 Å². The molecule has 2 atom stereocenters. The Labute approximate surface area is 121 Å². The molecule has 110 valence electrons. The van der Waals surface area contributed by atoms with E-state index in [1.54, 1.807) is 0 Å². The number of aromatic nitrogens is 1. The molecule has 2 unspecified atom stereocenters. The smallest absolute Gasteiger partial charge is 0.0755 e. The maximum absolute atomic E-state index is 5.90. The van der Waals surface area contributed by atoms with Crippen LogP contribution < -0.4 is 10.2 Å². The summed E-state index contributed by atoms with van der Waals surface area (Å²) in [5.74, 6) is 0.674. The lowest BCUT2D eigenvalue weighted by molar-refractivity contribution is 0.0305. The number of anilines is 1. The predicted octanol–water partition coefficient (Wildman–Crippen LogP) is 2.19. The number of hydrogen-bond acceptors (Lipinski definition) is 4. The van der Waals surface area contributed by atoms with Crippen molar-refractivity contribution in [2.45, 2.75) is 45.4 Å². The second kappa shape index (κ2) is 6.10. The van der Waals surface area contributed by atoms with Crippen molar-refractivity contribution in [2.75, 3.05) is 24.5 Å². The molecule has 0 aromatic carbocycles. The van der Waals surface area contributed by atoms with Crippen molar-refractivity contribution in [3.8, 4) is 0 Å². The first kappa shape index (κ1) is 13.8. The summed E-state index contributed by atoms with van der Waals surface area (Å²) in [7, 11) is 0. The summed E-state index contributed by atoms with van der Waals surface area (Å²) < 4.78 is 5.90. The molecule has 3 rings (SSSR count). The third-order valence-electron chi connectivity index (χ3n) is 4.07. The zero-order valence-corrected chi connectivity index (χ0v) is 12.5. The summed E-state index contributed by atoms with van der Waals surface area (Å²) in [5, 5.41) is 3.46. The molecule has 2 aliphatic rings. The van der Waals surface area contributed by atoms with Gasteiger partial charge in [-0.3, -0.25) is 4.98 Å². The highest BCUT2D eigenvalue weighted by Gasteiger charge is 2.33. The van der Waals surface area contributed by atoms with Crippen LogP contribution in [0.4, 0.5) is 5.69 Å². The molecule has 2 fully saturated rings. The van der Waals surface area contributed by atoms with Gasteiger partial charge in [-0.05, 0) is 37.4 Å². The lowest BCUT2D eigenvalue weighted by Gasteiger charge is -2.34. The van der Waals surface area contributed by atoms with E-state index in [1.807, 2.05) is 6.20 Å². The number of hydrogen-bond donors (Lipinski definition) is 1. The maximum atomic E-state index is 5.90. The van der Waals surface area contributed by atoms with Crippen LogP contribution in [0.3, 0.4) is 0 Å². The van der Waals surface area contributed by atoms with E-state index in [9.17, 15) is 0 Å². The second-order valence-electron chi connectivity index (χ2n) is 6.39. The molecule has 0 saturated carbocycles. The molecule has 0 radical (unpaired) electrons. The molecule has 1 aromatic heterocycles. The Morgan fingerprint density at radius 3 is 2.80 bits per heavy atom. The van der Waals surface area contributed by atoms with E-state index in [4.69, 9.17) is 4.74 Å². The fourth-order valence-electron chi connectivity index (χ4n) is 3.07. The first-order valence-corrected chi connectivity index (χ1v) is 7.77. The SMILES string of the molecule is CC(C)CNCc1cc(N2CC3CCC(C2)O3)ccn1. The average molecular weight is 275 g/mol. The third-order valence-corrected chi connectivity index (χ3v) is 4.07. The molecule has 0 aliphatic carbocycles. The van der Waals surface area contributed by atoms with E-state index >= 15 is 0 Å². The minimum atomic E-state index is 0.435. The number of ether oxygens (including phenoxy) is 1. The molecule has 2 bridgehead atoms. The molecule has 2 aliphatic heterocycles. The fourth-order valence-corrected chi connectivity index (χ4v) is 3.07. The molecule has 4 nitrogen and oxygen atoms in total. The van der Waals surface area contributed by atoms with Crippen molar-refractivity contribution in [3.63, 3.8) is 0 Å². The van der Waals surface area contributed by atoms with Gasteiger partial charge in [0.25, 0.3) is 0 Å². The van der Waals surface area contributed by atoms with Crippen molar-refractivity contribution in [1.29, 1.82) is 0 Å². The maximum Gasteiger partial charge on any atom is 0.0755 e. The van der Waals surface area contributed by atoms with Gasteiger partial charge >= 0.3 is 0 Å². The second-order valence-corrected chi connectivity index (χ2v) is 6.39. The molecular formula is C16H25N3O. The van der Waals surface area contributed by atoms with E-state index < -0.39 is 0 Å². The predicted molar refractivity (Wildman–Crippen MR) is 80.9 cm³/mol. The van der Waals surface area contributed by atoms with Gasteiger partial charge < -0.3 is 15.0 Å². The van der Waals surface area contributed by atoms with Crippen LogP contribution in [-0.2, 0) is 11.3 Å². The van der Waals surface area contributed by atoms with E-state index in [0.717, 1.165) is 31.9 Å². The molecule has 2 saturated heterocycles. The van der Waals surface area contributed by atoms with Gasteiger partial charge in [0.15, 0.2) is 0 Å². The fraction of sp³-hybridized carbons (Fsp3) is 0.688. The normalized spacial score (nSPS) is 25.4. The molecule has 1 N–H and O–H groups in total. The van der Waals surface area contributed by atoms with Crippen LogP contribution in [0.15, 0.2) is 18.3 Å². The molecule has 3 heterocycles. The topological polar surface area (TPSA) is 37.4 Å². The summed E-state index contributed by atoms with van der Waals surface area (Å²) >= 11 is 0. The standard InChI is InChI=1S/C16H25N3O/c1-12(2)8-17-9-13-7-14(5-6-18-13)19-10-15-3-4-16(11-19)20-15/h5-7,12,15-17H,3-4,8-11H2,1-2H3. The van der Waals surface area contributed by atoms with E-state index in [1.165, 1.54) is 18.5 Å². The number of rotatable bonds is 5. The van der Waals surface area contributed by atoms with Gasteiger partial charge in [0.05, 0.1) is 17.9 Å². The summed E-state index contributed by atoms with van der Waals surface area (Å²) in [6, 6.07) is 4.34. The lowest BCUT2D eigenvalue weighted by atomic mass is 10.2. The Kier molecular flexibility index (Phi) is 4.22. The van der Waals surface area contributed by atoms with Crippen LogP contribution in [-0.4, -0.2) is 36.8 Å². The van der Waals surface area contributed by atoms with Crippen LogP contribution >= 0.6 is 0 Å². The average Bonchev–Trinajstić information content (AvgIpc) is 2.77. The van der Waals surface area contributed by atoms with Gasteiger partial charge in [-0.2, -0.15) is 0 Å². The van der Waals surface area contributed by atoms with Crippen molar-refractivity contribution in [3.05, 3.63) is 24.0 Å². The van der Waals surface area contributed by atoms with Crippen LogP contribution in [0.2, 0.25) is 0 Å². The van der Waals surface area contributed by atoms with Gasteiger partial charge in [0, 0.05) is 31.5 Å². The molecular weight excluding hydrogens is 250 g/mol. The van der Waals surface area contributed by atoms with Gasteiger partial charge in [-0.15, -0.1) is 0 Å². The van der Waals surface area contributed by atoms with Crippen molar-refractivity contribution < 1.29 is 4.74 Å². The first-order valence-electron chi connectivity index (χ1n) is 7.77. The zero-order chi connectivity index (χ0) is 13.9. The number of nitrogens with one attached hydrogen (secondary N) is 1. The van der Waals surface area contributed by atoms with Crippen LogP contribution in [0.5, 0.6) is 0 Å². The largest absolute Gasteiger partial charge is 0.371 e. The Hall–Kier alpha value is -1.13. The molecule has 20 heavy (non-hydrogen) atoms. The van der Waals surface area contributed by atoms with Crippen LogP contribution in [0, 0.1) is 5.92 Å². The third kappa shape index (κ3) is 3.30. The highest BCUT2D eigenvalue weighted by Crippen LogP contribution is 2.29. The number of nitrogens with zero attached hydrogens (tertiary/aromatic N) is 2. The monoisotopic (exact) mass is 275 g/mol. The Balaban J connectivity index is 1.62. The quantitative estimate of drug-likeness (QED) is 0.894.